The van der Waals surface area contributed by atoms with E-state index in [2.05, 4.69) is 36.4 Å². The van der Waals surface area contributed by atoms with Crippen molar-refractivity contribution >= 4 is 27.8 Å². The van der Waals surface area contributed by atoms with Crippen molar-refractivity contribution in [1.29, 1.82) is 0 Å². The van der Waals surface area contributed by atoms with Gasteiger partial charge >= 0.3 is 6.18 Å². The number of alkyl halides is 3. The molecule has 2 aromatic heterocycles. The average Bonchev–Trinajstić information content (AvgIpc) is 3.30. The summed E-state index contributed by atoms with van der Waals surface area (Å²) < 4.78 is 42.1. The Morgan fingerprint density at radius 2 is 1.93 bits per heavy atom. The maximum absolute atomic E-state index is 13.2. The van der Waals surface area contributed by atoms with Crippen LogP contribution in [0.4, 0.5) is 19.1 Å². The minimum Gasteiger partial charge on any atom is -0.292 e. The molecular weight excluding hydrogens is 453 g/mol. The lowest BCUT2D eigenvalue weighted by atomic mass is 10.2. The molecule has 1 aliphatic carbocycles. The lowest BCUT2D eigenvalue weighted by Gasteiger charge is -2.06. The van der Waals surface area contributed by atoms with Gasteiger partial charge in [-0.3, -0.25) is 14.8 Å². The number of aromatic nitrogens is 5. The fourth-order valence-corrected chi connectivity index (χ4v) is 3.83. The number of nitrogens with zero attached hydrogens (tertiary/aromatic N) is 5. The van der Waals surface area contributed by atoms with Gasteiger partial charge in [-0.2, -0.15) is 18.3 Å². The predicted octanol–water partition coefficient (Wildman–Crippen LogP) is 3.82. The van der Waals surface area contributed by atoms with Gasteiger partial charge in [0.1, 0.15) is 12.9 Å². The molecule has 1 fully saturated rings. The van der Waals surface area contributed by atoms with Gasteiger partial charge in [0.05, 0.1) is 16.7 Å². The fraction of sp³-hybridized carbons (Fsp3) is 0.333. The average molecular weight is 469 g/mol. The van der Waals surface area contributed by atoms with E-state index < -0.39 is 17.8 Å². The first kappa shape index (κ1) is 19.6. The molecule has 0 saturated heterocycles. The lowest BCUT2D eigenvalue weighted by Crippen LogP contribution is -2.22. The second kappa shape index (κ2) is 7.62. The Kier molecular flexibility index (Phi) is 5.15. The summed E-state index contributed by atoms with van der Waals surface area (Å²) in [5.41, 5.74) is 0.401. The molecule has 3 aromatic rings. The summed E-state index contributed by atoms with van der Waals surface area (Å²) >= 11 is 3.01. The van der Waals surface area contributed by atoms with E-state index in [9.17, 15) is 18.0 Å². The quantitative estimate of drug-likeness (QED) is 0.596. The third-order valence-corrected chi connectivity index (χ3v) is 5.21. The number of hydrogen-bond acceptors (Lipinski definition) is 4. The highest BCUT2D eigenvalue weighted by molar-refractivity contribution is 9.10. The lowest BCUT2D eigenvalue weighted by molar-refractivity contribution is -0.142. The number of hydrogen-bond donors (Lipinski definition) is 1. The highest BCUT2D eigenvalue weighted by Gasteiger charge is 2.42. The Hall–Kier alpha value is -2.69. The Morgan fingerprint density at radius 3 is 2.59 bits per heavy atom. The molecule has 29 heavy (non-hydrogen) atoms. The standard InChI is InChI=1S/C18H16BrF3N6O/c19-14-15(12-6-7-12)28(25-16(14)18(20,21)22)9-13(29)24-17-23-10-27(26-17)8-11-4-2-1-3-5-11/h1-5,10,12H,6-9H2,(H,24,26,29). The minimum absolute atomic E-state index is 0.0241. The molecule has 0 unspecified atom stereocenters. The van der Waals surface area contributed by atoms with Crippen LogP contribution in [0.5, 0.6) is 0 Å². The summed E-state index contributed by atoms with van der Waals surface area (Å²) in [5.74, 6) is -0.488. The van der Waals surface area contributed by atoms with Gasteiger partial charge in [-0.05, 0) is 34.3 Å². The SMILES string of the molecule is O=C(Cn1nc(C(F)(F)F)c(Br)c1C1CC1)Nc1ncn(Cc2ccccc2)n1. The molecule has 1 aromatic carbocycles. The number of halogens is 4. The van der Waals surface area contributed by atoms with Crippen LogP contribution in [0, 0.1) is 0 Å². The summed E-state index contributed by atoms with van der Waals surface area (Å²) in [7, 11) is 0. The van der Waals surface area contributed by atoms with E-state index >= 15 is 0 Å². The minimum atomic E-state index is -4.60. The Morgan fingerprint density at radius 1 is 1.21 bits per heavy atom. The van der Waals surface area contributed by atoms with Gasteiger partial charge in [0.25, 0.3) is 0 Å². The van der Waals surface area contributed by atoms with Crippen LogP contribution in [0.2, 0.25) is 0 Å². The summed E-state index contributed by atoms with van der Waals surface area (Å²) in [6.07, 6.45) is -1.57. The molecule has 1 saturated carbocycles. The number of benzene rings is 1. The maximum atomic E-state index is 13.2. The molecule has 11 heteroatoms. The highest BCUT2D eigenvalue weighted by Crippen LogP contribution is 2.46. The van der Waals surface area contributed by atoms with Crippen molar-refractivity contribution in [2.75, 3.05) is 5.32 Å². The van der Waals surface area contributed by atoms with Crippen LogP contribution in [0.3, 0.4) is 0 Å². The second-order valence-corrected chi connectivity index (χ2v) is 7.57. The first-order valence-electron chi connectivity index (χ1n) is 8.88. The van der Waals surface area contributed by atoms with E-state index in [1.54, 1.807) is 4.68 Å². The molecule has 0 bridgehead atoms. The number of anilines is 1. The zero-order chi connectivity index (χ0) is 20.6. The first-order valence-corrected chi connectivity index (χ1v) is 9.67. The largest absolute Gasteiger partial charge is 0.436 e. The number of carbonyl (C=O) groups excluding carboxylic acids is 1. The third-order valence-electron chi connectivity index (χ3n) is 4.43. The van der Waals surface area contributed by atoms with Crippen molar-refractivity contribution in [2.24, 2.45) is 0 Å². The van der Waals surface area contributed by atoms with Crippen LogP contribution in [0.25, 0.3) is 0 Å². The van der Waals surface area contributed by atoms with Gasteiger partial charge in [0, 0.05) is 5.92 Å². The topological polar surface area (TPSA) is 77.6 Å². The molecule has 1 amide bonds. The van der Waals surface area contributed by atoms with Gasteiger partial charge < -0.3 is 0 Å². The van der Waals surface area contributed by atoms with Crippen LogP contribution < -0.4 is 5.32 Å². The van der Waals surface area contributed by atoms with Gasteiger partial charge in [-0.15, -0.1) is 5.10 Å². The molecule has 0 spiro atoms. The molecule has 0 aliphatic heterocycles. The molecule has 2 heterocycles. The summed E-state index contributed by atoms with van der Waals surface area (Å²) in [5, 5.41) is 10.3. The summed E-state index contributed by atoms with van der Waals surface area (Å²) in [6.45, 7) is 0.129. The van der Waals surface area contributed by atoms with Crippen molar-refractivity contribution in [1.82, 2.24) is 24.5 Å². The molecular formula is C18H16BrF3N6O. The fourth-order valence-electron chi connectivity index (χ4n) is 3.00. The van der Waals surface area contributed by atoms with Crippen LogP contribution in [0.1, 0.15) is 35.7 Å². The molecule has 0 radical (unpaired) electrons. The predicted molar refractivity (Wildman–Crippen MR) is 101 cm³/mol. The Bertz CT molecular complexity index is 1030. The molecule has 4 rings (SSSR count). The molecule has 1 aliphatic rings. The van der Waals surface area contributed by atoms with E-state index in [0.717, 1.165) is 23.1 Å². The van der Waals surface area contributed by atoms with E-state index in [0.29, 0.717) is 12.2 Å². The van der Waals surface area contributed by atoms with Crippen LogP contribution in [0.15, 0.2) is 41.1 Å². The Labute approximate surface area is 172 Å². The summed E-state index contributed by atoms with van der Waals surface area (Å²) in [4.78, 5) is 16.4. The van der Waals surface area contributed by atoms with Crippen molar-refractivity contribution in [3.63, 3.8) is 0 Å². The molecule has 0 atom stereocenters. The molecule has 1 N–H and O–H groups in total. The normalized spacial score (nSPS) is 14.2. The molecule has 7 nitrogen and oxygen atoms in total. The van der Waals surface area contributed by atoms with Crippen molar-refractivity contribution in [3.05, 3.63) is 58.1 Å². The number of carbonyl (C=O) groups is 1. The van der Waals surface area contributed by atoms with Crippen molar-refractivity contribution in [3.8, 4) is 0 Å². The van der Waals surface area contributed by atoms with Crippen LogP contribution in [-0.4, -0.2) is 30.5 Å². The monoisotopic (exact) mass is 468 g/mol. The summed E-state index contributed by atoms with van der Waals surface area (Å²) in [6, 6.07) is 9.60. The van der Waals surface area contributed by atoms with Gasteiger partial charge in [-0.25, -0.2) is 9.67 Å². The van der Waals surface area contributed by atoms with E-state index in [1.165, 1.54) is 6.33 Å². The first-order chi connectivity index (χ1) is 13.8. The number of nitrogens with one attached hydrogen (secondary N) is 1. The van der Waals surface area contributed by atoms with E-state index in [1.807, 2.05) is 30.3 Å². The van der Waals surface area contributed by atoms with Crippen molar-refractivity contribution in [2.45, 2.75) is 38.0 Å². The van der Waals surface area contributed by atoms with Gasteiger partial charge in [-0.1, -0.05) is 30.3 Å². The van der Waals surface area contributed by atoms with Crippen molar-refractivity contribution < 1.29 is 18.0 Å². The molecule has 152 valence electrons. The Balaban J connectivity index is 1.45. The van der Waals surface area contributed by atoms with E-state index in [-0.39, 0.29) is 22.9 Å². The second-order valence-electron chi connectivity index (χ2n) is 6.78. The maximum Gasteiger partial charge on any atom is 0.436 e. The number of rotatable bonds is 6. The smallest absolute Gasteiger partial charge is 0.292 e. The third kappa shape index (κ3) is 4.50. The zero-order valence-corrected chi connectivity index (χ0v) is 16.6. The van der Waals surface area contributed by atoms with Crippen LogP contribution in [-0.2, 0) is 24.1 Å². The number of amides is 1. The van der Waals surface area contributed by atoms with E-state index in [4.69, 9.17) is 0 Å². The van der Waals surface area contributed by atoms with Gasteiger partial charge in [0.2, 0.25) is 11.9 Å². The van der Waals surface area contributed by atoms with Gasteiger partial charge in [0.15, 0.2) is 5.69 Å². The highest BCUT2D eigenvalue weighted by atomic mass is 79.9. The van der Waals surface area contributed by atoms with Crippen LogP contribution >= 0.6 is 15.9 Å². The zero-order valence-electron chi connectivity index (χ0n) is 15.0.